The minimum absolute atomic E-state index is 0.0268. The van der Waals surface area contributed by atoms with E-state index in [-0.39, 0.29) is 11.5 Å². The Hall–Kier alpha value is -0.0900. The lowest BCUT2D eigenvalue weighted by Gasteiger charge is -2.50. The molecule has 0 aromatic rings. The first kappa shape index (κ1) is 17.3. The lowest BCUT2D eigenvalue weighted by Crippen LogP contribution is -2.59. The summed E-state index contributed by atoms with van der Waals surface area (Å²) in [5.41, 5.74) is -0.419. The van der Waals surface area contributed by atoms with Gasteiger partial charge in [0.15, 0.2) is 0 Å². The SMILES string of the molecule is CC(C)(C)OC(=O)CC1(N2CCCCC2)CCCCC1Br. The quantitative estimate of drug-likeness (QED) is 0.556. The van der Waals surface area contributed by atoms with Crippen molar-refractivity contribution in [1.29, 1.82) is 0 Å². The first-order valence-electron chi connectivity index (χ1n) is 8.44. The van der Waals surface area contributed by atoms with Gasteiger partial charge in [0.2, 0.25) is 0 Å². The lowest BCUT2D eigenvalue weighted by atomic mass is 9.76. The largest absolute Gasteiger partial charge is 0.460 e. The average Bonchev–Trinajstić information content (AvgIpc) is 2.40. The van der Waals surface area contributed by atoms with Gasteiger partial charge in [-0.2, -0.15) is 0 Å². The van der Waals surface area contributed by atoms with Gasteiger partial charge in [0.1, 0.15) is 5.60 Å². The van der Waals surface area contributed by atoms with Crippen LogP contribution in [0.1, 0.15) is 72.1 Å². The molecule has 1 aliphatic heterocycles. The first-order valence-corrected chi connectivity index (χ1v) is 9.36. The van der Waals surface area contributed by atoms with Crippen LogP contribution in [0.5, 0.6) is 0 Å². The molecular weight excluding hydrogens is 330 g/mol. The fourth-order valence-electron chi connectivity index (χ4n) is 3.81. The fraction of sp³-hybridized carbons (Fsp3) is 0.941. The average molecular weight is 360 g/mol. The molecule has 2 rings (SSSR count). The smallest absolute Gasteiger partial charge is 0.308 e. The number of ether oxygens (including phenoxy) is 1. The van der Waals surface area contributed by atoms with E-state index < -0.39 is 5.60 Å². The van der Waals surface area contributed by atoms with E-state index in [0.717, 1.165) is 19.5 Å². The molecule has 1 saturated heterocycles. The van der Waals surface area contributed by atoms with Gasteiger partial charge in [-0.1, -0.05) is 35.2 Å². The standard InChI is InChI=1S/C17H30BrNO2/c1-16(2,3)21-15(20)13-17(10-6-5-9-14(17)18)19-11-7-4-8-12-19/h14H,4-13H2,1-3H3. The van der Waals surface area contributed by atoms with Gasteiger partial charge < -0.3 is 4.74 Å². The maximum atomic E-state index is 12.5. The van der Waals surface area contributed by atoms with Gasteiger partial charge in [0.25, 0.3) is 0 Å². The molecule has 2 atom stereocenters. The number of hydrogen-bond donors (Lipinski definition) is 0. The van der Waals surface area contributed by atoms with Crippen molar-refractivity contribution >= 4 is 21.9 Å². The van der Waals surface area contributed by atoms with Gasteiger partial charge in [0.05, 0.1) is 6.42 Å². The zero-order valence-electron chi connectivity index (χ0n) is 13.8. The van der Waals surface area contributed by atoms with Crippen molar-refractivity contribution in [3.05, 3.63) is 0 Å². The van der Waals surface area contributed by atoms with Gasteiger partial charge in [0, 0.05) is 10.4 Å². The van der Waals surface area contributed by atoms with E-state index in [1.54, 1.807) is 0 Å². The van der Waals surface area contributed by atoms with Crippen LogP contribution in [0.4, 0.5) is 0 Å². The first-order chi connectivity index (χ1) is 9.83. The molecule has 0 spiro atoms. The zero-order valence-corrected chi connectivity index (χ0v) is 15.4. The molecule has 1 aliphatic carbocycles. The number of alkyl halides is 1. The molecule has 3 nitrogen and oxygen atoms in total. The Morgan fingerprint density at radius 1 is 1.19 bits per heavy atom. The topological polar surface area (TPSA) is 29.5 Å². The summed E-state index contributed by atoms with van der Waals surface area (Å²) in [4.78, 5) is 15.4. The Balaban J connectivity index is 2.13. The number of likely N-dealkylation sites (tertiary alicyclic amines) is 1. The maximum absolute atomic E-state index is 12.5. The Kier molecular flexibility index (Phi) is 5.75. The second-order valence-corrected chi connectivity index (χ2v) is 8.73. The van der Waals surface area contributed by atoms with Crippen LogP contribution in [0, 0.1) is 0 Å². The molecule has 0 N–H and O–H groups in total. The molecule has 2 aliphatic rings. The number of hydrogen-bond acceptors (Lipinski definition) is 3. The van der Waals surface area contributed by atoms with E-state index in [9.17, 15) is 4.79 Å². The summed E-state index contributed by atoms with van der Waals surface area (Å²) in [6.45, 7) is 8.11. The van der Waals surface area contributed by atoms with Gasteiger partial charge >= 0.3 is 5.97 Å². The van der Waals surface area contributed by atoms with Crippen LogP contribution in [0.25, 0.3) is 0 Å². The van der Waals surface area contributed by atoms with Crippen LogP contribution in [-0.4, -0.2) is 39.9 Å². The van der Waals surface area contributed by atoms with Crippen LogP contribution >= 0.6 is 15.9 Å². The van der Waals surface area contributed by atoms with Gasteiger partial charge in [-0.3, -0.25) is 9.69 Å². The summed E-state index contributed by atoms with van der Waals surface area (Å²) in [5.74, 6) is -0.0422. The monoisotopic (exact) mass is 359 g/mol. The van der Waals surface area contributed by atoms with Crippen molar-refractivity contribution in [2.45, 2.75) is 88.1 Å². The Bertz CT molecular complexity index is 360. The van der Waals surface area contributed by atoms with E-state index in [1.165, 1.54) is 38.5 Å². The molecule has 1 heterocycles. The molecule has 0 aromatic carbocycles. The van der Waals surface area contributed by atoms with Crippen molar-refractivity contribution in [1.82, 2.24) is 4.90 Å². The van der Waals surface area contributed by atoms with Crippen molar-refractivity contribution < 1.29 is 9.53 Å². The molecule has 0 radical (unpaired) electrons. The third-order valence-corrected chi connectivity index (χ3v) is 6.07. The van der Waals surface area contributed by atoms with Crippen LogP contribution in [0.2, 0.25) is 0 Å². The van der Waals surface area contributed by atoms with Crippen LogP contribution in [-0.2, 0) is 9.53 Å². The fourth-order valence-corrected chi connectivity index (χ4v) is 4.82. The third-order valence-electron chi connectivity index (χ3n) is 4.76. The molecule has 0 amide bonds. The summed E-state index contributed by atoms with van der Waals surface area (Å²) < 4.78 is 5.62. The maximum Gasteiger partial charge on any atom is 0.308 e. The van der Waals surface area contributed by atoms with Crippen LogP contribution < -0.4 is 0 Å². The van der Waals surface area contributed by atoms with Gasteiger partial charge in [-0.15, -0.1) is 0 Å². The number of nitrogens with zero attached hydrogens (tertiary/aromatic N) is 1. The lowest BCUT2D eigenvalue weighted by molar-refractivity contribution is -0.159. The van der Waals surface area contributed by atoms with Crippen molar-refractivity contribution in [3.8, 4) is 0 Å². The number of carbonyl (C=O) groups is 1. The molecule has 21 heavy (non-hydrogen) atoms. The minimum Gasteiger partial charge on any atom is -0.460 e. The van der Waals surface area contributed by atoms with E-state index in [0.29, 0.717) is 11.2 Å². The molecule has 122 valence electrons. The number of carbonyl (C=O) groups excluding carboxylic acids is 1. The molecule has 0 aromatic heterocycles. The molecule has 4 heteroatoms. The van der Waals surface area contributed by atoms with E-state index in [2.05, 4.69) is 20.8 Å². The number of esters is 1. The zero-order chi connectivity index (χ0) is 15.5. The number of halogens is 1. The molecule has 2 unspecified atom stereocenters. The van der Waals surface area contributed by atoms with E-state index in [4.69, 9.17) is 4.74 Å². The number of rotatable bonds is 3. The molecule has 2 fully saturated rings. The second-order valence-electron chi connectivity index (χ2n) is 7.63. The highest BCUT2D eigenvalue weighted by molar-refractivity contribution is 9.09. The van der Waals surface area contributed by atoms with Crippen molar-refractivity contribution in [2.24, 2.45) is 0 Å². The third kappa shape index (κ3) is 4.44. The molecule has 1 saturated carbocycles. The summed E-state index contributed by atoms with van der Waals surface area (Å²) in [6, 6.07) is 0. The predicted octanol–water partition coefficient (Wildman–Crippen LogP) is 4.28. The highest BCUT2D eigenvalue weighted by Crippen LogP contribution is 2.42. The van der Waals surface area contributed by atoms with Gasteiger partial charge in [-0.05, 0) is 59.5 Å². The summed E-state index contributed by atoms with van der Waals surface area (Å²) in [6.07, 6.45) is 9.14. The minimum atomic E-state index is -0.392. The van der Waals surface area contributed by atoms with Gasteiger partial charge in [-0.25, -0.2) is 0 Å². The van der Waals surface area contributed by atoms with Crippen LogP contribution in [0.3, 0.4) is 0 Å². The van der Waals surface area contributed by atoms with Crippen molar-refractivity contribution in [2.75, 3.05) is 13.1 Å². The second kappa shape index (κ2) is 6.99. The highest BCUT2D eigenvalue weighted by atomic mass is 79.9. The Morgan fingerprint density at radius 2 is 1.86 bits per heavy atom. The van der Waals surface area contributed by atoms with E-state index >= 15 is 0 Å². The predicted molar refractivity (Wildman–Crippen MR) is 89.8 cm³/mol. The summed E-state index contributed by atoms with van der Waals surface area (Å²) in [5, 5.41) is 0. The Labute approximate surface area is 137 Å². The summed E-state index contributed by atoms with van der Waals surface area (Å²) in [7, 11) is 0. The molecule has 0 bridgehead atoms. The number of piperidine rings is 1. The summed E-state index contributed by atoms with van der Waals surface area (Å²) >= 11 is 3.91. The normalized spacial score (nSPS) is 31.9. The highest BCUT2D eigenvalue weighted by Gasteiger charge is 2.46. The van der Waals surface area contributed by atoms with Crippen molar-refractivity contribution in [3.63, 3.8) is 0 Å². The van der Waals surface area contributed by atoms with Crippen LogP contribution in [0.15, 0.2) is 0 Å². The molecular formula is C17H30BrNO2. The van der Waals surface area contributed by atoms with E-state index in [1.807, 2.05) is 20.8 Å². The Morgan fingerprint density at radius 3 is 2.43 bits per heavy atom.